The second kappa shape index (κ2) is 9.41. The van der Waals surface area contributed by atoms with Crippen LogP contribution in [0.4, 0.5) is 0 Å². The lowest BCUT2D eigenvalue weighted by Crippen LogP contribution is -2.48. The summed E-state index contributed by atoms with van der Waals surface area (Å²) >= 11 is 0. The molecule has 0 unspecified atom stereocenters. The number of benzene rings is 2. The van der Waals surface area contributed by atoms with Crippen LogP contribution in [0, 0.1) is 13.8 Å². The number of methoxy groups -OCH3 is 1. The van der Waals surface area contributed by atoms with Crippen molar-refractivity contribution < 1.29 is 9.53 Å². The molecule has 0 aromatic heterocycles. The molecule has 5 nitrogen and oxygen atoms in total. The smallest absolute Gasteiger partial charge is 0.237 e. The molecule has 1 aliphatic heterocycles. The Kier molecular flexibility index (Phi) is 6.63. The third-order valence-electron chi connectivity index (χ3n) is 7.14. The molecule has 166 valence electrons. The lowest BCUT2D eigenvalue weighted by Gasteiger charge is -2.29. The molecule has 2 N–H and O–H groups in total. The molecule has 1 amide bonds. The molecule has 2 aromatic carbocycles. The van der Waals surface area contributed by atoms with Crippen molar-refractivity contribution in [3.63, 3.8) is 0 Å². The van der Waals surface area contributed by atoms with Crippen molar-refractivity contribution in [1.82, 2.24) is 15.5 Å². The number of carbonyl (C=O) groups is 1. The Labute approximate surface area is 186 Å². The SMILES string of the molecule is CCNC(=O)[C@@H]1C[C@@H](NCc2ccc(OC)c(C)c2C)CN1C1Cc2ccccc2C1. The maximum Gasteiger partial charge on any atom is 0.237 e. The highest BCUT2D eigenvalue weighted by atomic mass is 16.5. The third-order valence-corrected chi connectivity index (χ3v) is 7.14. The number of nitrogens with zero attached hydrogens (tertiary/aromatic N) is 1. The van der Waals surface area contributed by atoms with E-state index >= 15 is 0 Å². The molecular formula is C26H35N3O2. The summed E-state index contributed by atoms with van der Waals surface area (Å²) in [6.45, 7) is 8.65. The van der Waals surface area contributed by atoms with Crippen LogP contribution in [0.25, 0.3) is 0 Å². The van der Waals surface area contributed by atoms with Crippen molar-refractivity contribution in [3.05, 3.63) is 64.2 Å². The summed E-state index contributed by atoms with van der Waals surface area (Å²) in [6, 6.07) is 13.6. The molecule has 1 saturated heterocycles. The summed E-state index contributed by atoms with van der Waals surface area (Å²) in [5.74, 6) is 1.10. The Balaban J connectivity index is 1.45. The lowest BCUT2D eigenvalue weighted by molar-refractivity contribution is -0.126. The predicted molar refractivity (Wildman–Crippen MR) is 125 cm³/mol. The van der Waals surface area contributed by atoms with E-state index in [1.54, 1.807) is 7.11 Å². The number of nitrogens with one attached hydrogen (secondary N) is 2. The van der Waals surface area contributed by atoms with E-state index in [1.807, 2.05) is 13.0 Å². The van der Waals surface area contributed by atoms with Crippen LogP contribution in [0.2, 0.25) is 0 Å². The van der Waals surface area contributed by atoms with Gasteiger partial charge in [0, 0.05) is 31.7 Å². The van der Waals surface area contributed by atoms with Crippen LogP contribution < -0.4 is 15.4 Å². The summed E-state index contributed by atoms with van der Waals surface area (Å²) in [5, 5.41) is 6.81. The quantitative estimate of drug-likeness (QED) is 0.721. The van der Waals surface area contributed by atoms with Gasteiger partial charge in [-0.05, 0) is 73.9 Å². The number of hydrogen-bond acceptors (Lipinski definition) is 4. The van der Waals surface area contributed by atoms with E-state index < -0.39 is 0 Å². The minimum absolute atomic E-state index is 0.0598. The number of likely N-dealkylation sites (tertiary alicyclic amines) is 1. The van der Waals surface area contributed by atoms with E-state index in [2.05, 4.69) is 59.7 Å². The molecular weight excluding hydrogens is 386 g/mol. The first-order chi connectivity index (χ1) is 15.0. The van der Waals surface area contributed by atoms with E-state index in [4.69, 9.17) is 4.74 Å². The second-order valence-corrected chi connectivity index (χ2v) is 8.93. The van der Waals surface area contributed by atoms with Gasteiger partial charge in [-0.2, -0.15) is 0 Å². The summed E-state index contributed by atoms with van der Waals surface area (Å²) in [4.78, 5) is 15.3. The first-order valence-electron chi connectivity index (χ1n) is 11.5. The minimum atomic E-state index is -0.0598. The summed E-state index contributed by atoms with van der Waals surface area (Å²) in [7, 11) is 1.72. The van der Waals surface area contributed by atoms with Crippen molar-refractivity contribution in [2.45, 2.75) is 64.7 Å². The van der Waals surface area contributed by atoms with Gasteiger partial charge in [0.05, 0.1) is 13.2 Å². The Hall–Kier alpha value is -2.37. The fraction of sp³-hybridized carbons (Fsp3) is 0.500. The normalized spacial score (nSPS) is 21.3. The van der Waals surface area contributed by atoms with Crippen LogP contribution in [0.5, 0.6) is 5.75 Å². The average molecular weight is 422 g/mol. The number of carbonyl (C=O) groups excluding carboxylic acids is 1. The van der Waals surface area contributed by atoms with Gasteiger partial charge in [-0.3, -0.25) is 9.69 Å². The van der Waals surface area contributed by atoms with Gasteiger partial charge in [-0.15, -0.1) is 0 Å². The van der Waals surface area contributed by atoms with Gasteiger partial charge in [0.1, 0.15) is 5.75 Å². The third kappa shape index (κ3) is 4.48. The summed E-state index contributed by atoms with van der Waals surface area (Å²) in [5.41, 5.74) is 6.62. The largest absolute Gasteiger partial charge is 0.496 e. The number of ether oxygens (including phenoxy) is 1. The molecule has 2 aromatic rings. The van der Waals surface area contributed by atoms with Crippen molar-refractivity contribution in [3.8, 4) is 5.75 Å². The van der Waals surface area contributed by atoms with Crippen LogP contribution in [0.15, 0.2) is 36.4 Å². The van der Waals surface area contributed by atoms with Crippen molar-refractivity contribution in [1.29, 1.82) is 0 Å². The Bertz CT molecular complexity index is 917. The van der Waals surface area contributed by atoms with Gasteiger partial charge in [-0.1, -0.05) is 30.3 Å². The summed E-state index contributed by atoms with van der Waals surface area (Å²) < 4.78 is 5.45. The molecule has 0 bridgehead atoms. The molecule has 1 heterocycles. The fourth-order valence-electron chi connectivity index (χ4n) is 5.25. The zero-order valence-corrected chi connectivity index (χ0v) is 19.2. The zero-order chi connectivity index (χ0) is 22.0. The highest BCUT2D eigenvalue weighted by Crippen LogP contribution is 2.31. The predicted octanol–water partition coefficient (Wildman–Crippen LogP) is 3.15. The van der Waals surface area contributed by atoms with Crippen LogP contribution >= 0.6 is 0 Å². The number of likely N-dealkylation sites (N-methyl/N-ethyl adjacent to an activating group) is 1. The van der Waals surface area contributed by atoms with Crippen molar-refractivity contribution >= 4 is 5.91 Å². The van der Waals surface area contributed by atoms with E-state index in [1.165, 1.54) is 27.8 Å². The highest BCUT2D eigenvalue weighted by Gasteiger charge is 2.41. The first kappa shape index (κ1) is 21.8. The molecule has 0 spiro atoms. The number of fused-ring (bicyclic) bond motifs is 1. The molecule has 2 aliphatic rings. The van der Waals surface area contributed by atoms with Gasteiger partial charge in [0.15, 0.2) is 0 Å². The van der Waals surface area contributed by atoms with Crippen molar-refractivity contribution in [2.75, 3.05) is 20.2 Å². The second-order valence-electron chi connectivity index (χ2n) is 8.93. The number of amides is 1. The van der Waals surface area contributed by atoms with Gasteiger partial charge in [0.25, 0.3) is 0 Å². The number of rotatable bonds is 7. The Morgan fingerprint density at radius 3 is 2.45 bits per heavy atom. The average Bonchev–Trinajstić information content (AvgIpc) is 3.39. The van der Waals surface area contributed by atoms with Gasteiger partial charge in [0.2, 0.25) is 5.91 Å². The van der Waals surface area contributed by atoms with E-state index in [-0.39, 0.29) is 11.9 Å². The molecule has 0 radical (unpaired) electrons. The van der Waals surface area contributed by atoms with Crippen molar-refractivity contribution in [2.24, 2.45) is 0 Å². The Morgan fingerprint density at radius 2 is 1.81 bits per heavy atom. The first-order valence-corrected chi connectivity index (χ1v) is 11.5. The fourth-order valence-corrected chi connectivity index (χ4v) is 5.25. The van der Waals surface area contributed by atoms with Crippen LogP contribution in [-0.4, -0.2) is 49.1 Å². The monoisotopic (exact) mass is 421 g/mol. The molecule has 5 heteroatoms. The van der Waals surface area contributed by atoms with Gasteiger partial charge < -0.3 is 15.4 Å². The van der Waals surface area contributed by atoms with Crippen LogP contribution in [0.1, 0.15) is 41.2 Å². The van der Waals surface area contributed by atoms with E-state index in [0.29, 0.717) is 18.6 Å². The van der Waals surface area contributed by atoms with E-state index in [9.17, 15) is 4.79 Å². The minimum Gasteiger partial charge on any atom is -0.496 e. The van der Waals surface area contributed by atoms with Gasteiger partial charge in [-0.25, -0.2) is 0 Å². The molecule has 4 rings (SSSR count). The maximum atomic E-state index is 12.9. The highest BCUT2D eigenvalue weighted by molar-refractivity contribution is 5.82. The lowest BCUT2D eigenvalue weighted by atomic mass is 10.0. The molecule has 1 fully saturated rings. The van der Waals surface area contributed by atoms with Gasteiger partial charge >= 0.3 is 0 Å². The zero-order valence-electron chi connectivity index (χ0n) is 19.2. The van der Waals surface area contributed by atoms with Crippen LogP contribution in [-0.2, 0) is 24.2 Å². The molecule has 0 saturated carbocycles. The molecule has 31 heavy (non-hydrogen) atoms. The Morgan fingerprint density at radius 1 is 1.10 bits per heavy atom. The topological polar surface area (TPSA) is 53.6 Å². The molecule has 2 atom stereocenters. The van der Waals surface area contributed by atoms with Crippen LogP contribution in [0.3, 0.4) is 0 Å². The summed E-state index contributed by atoms with van der Waals surface area (Å²) in [6.07, 6.45) is 2.93. The molecule has 1 aliphatic carbocycles. The number of hydrogen-bond donors (Lipinski definition) is 2. The standard InChI is InChI=1S/C26H35N3O2/c1-5-27-26(30)24-14-22(28-15-21-10-11-25(31-4)18(3)17(21)2)16-29(24)23-12-19-8-6-7-9-20(19)13-23/h6-11,22-24,28H,5,12-16H2,1-4H3,(H,27,30)/t22-,24+/m1/s1. The maximum absolute atomic E-state index is 12.9. The van der Waals surface area contributed by atoms with E-state index in [0.717, 1.165) is 38.1 Å².